The van der Waals surface area contributed by atoms with Gasteiger partial charge in [0.05, 0.1) is 17.4 Å². The Morgan fingerprint density at radius 3 is 2.67 bits per heavy atom. The maximum absolute atomic E-state index is 12.7. The highest BCUT2D eigenvalue weighted by Gasteiger charge is 2.24. The van der Waals surface area contributed by atoms with Crippen LogP contribution in [0.3, 0.4) is 0 Å². The van der Waals surface area contributed by atoms with E-state index in [-0.39, 0.29) is 31.0 Å². The van der Waals surface area contributed by atoms with Crippen molar-refractivity contribution in [3.63, 3.8) is 0 Å². The van der Waals surface area contributed by atoms with Crippen molar-refractivity contribution in [2.75, 3.05) is 18.5 Å². The van der Waals surface area contributed by atoms with Crippen LogP contribution in [0.5, 0.6) is 11.5 Å². The van der Waals surface area contributed by atoms with Crippen LogP contribution in [0.1, 0.15) is 16.7 Å². The maximum Gasteiger partial charge on any atom is 0.407 e. The number of pyridine rings is 1. The summed E-state index contributed by atoms with van der Waals surface area (Å²) in [4.78, 5) is 30.3. The number of nitrogens with zero attached hydrogens (tertiary/aromatic N) is 5. The summed E-state index contributed by atoms with van der Waals surface area (Å²) in [6, 6.07) is 17.9. The number of benzene rings is 2. The number of nitrogens with one attached hydrogen (secondary N) is 1. The Labute approximate surface area is 267 Å². The van der Waals surface area contributed by atoms with E-state index in [2.05, 4.69) is 40.1 Å². The molecule has 0 saturated heterocycles. The number of hydrogen-bond acceptors (Lipinski definition) is 8. The number of carboxylic acid groups (broad SMARTS) is 1. The van der Waals surface area contributed by atoms with Crippen LogP contribution in [0.15, 0.2) is 71.4 Å². The van der Waals surface area contributed by atoms with Gasteiger partial charge in [0.1, 0.15) is 23.9 Å². The monoisotopic (exact) mass is 640 g/mol. The van der Waals surface area contributed by atoms with Gasteiger partial charge in [-0.25, -0.2) is 9.78 Å². The Hall–Kier alpha value is -5.01. The lowest BCUT2D eigenvalue weighted by Gasteiger charge is -2.26. The SMILES string of the molecule is C[Si](C)(C)CCOCn1cc(-c2nnc(NC(=O)Cc3ccccc3)o2)c2c(Oc3ccc4c(c3)CN(C(=O)O)CC4)ccnc21. The van der Waals surface area contributed by atoms with Gasteiger partial charge in [-0.15, -0.1) is 5.10 Å². The zero-order chi connectivity index (χ0) is 32.3. The lowest BCUT2D eigenvalue weighted by atomic mass is 10.00. The molecule has 2 N–H and O–H groups in total. The van der Waals surface area contributed by atoms with Crippen LogP contribution in [0.4, 0.5) is 10.8 Å². The van der Waals surface area contributed by atoms with E-state index >= 15 is 0 Å². The minimum atomic E-state index is -1.28. The average Bonchev–Trinajstić information content (AvgIpc) is 3.64. The van der Waals surface area contributed by atoms with Crippen LogP contribution in [0, 0.1) is 0 Å². The number of anilines is 1. The molecule has 2 amide bonds. The second kappa shape index (κ2) is 13.1. The molecule has 5 aromatic rings. The summed E-state index contributed by atoms with van der Waals surface area (Å²) in [7, 11) is -1.28. The molecule has 0 aliphatic carbocycles. The fourth-order valence-corrected chi connectivity index (χ4v) is 6.04. The van der Waals surface area contributed by atoms with Crippen LogP contribution >= 0.6 is 0 Å². The van der Waals surface area contributed by atoms with Gasteiger partial charge in [0.25, 0.3) is 5.89 Å². The number of fused-ring (bicyclic) bond motifs is 2. The van der Waals surface area contributed by atoms with Crippen molar-refractivity contribution in [3.8, 4) is 23.0 Å². The summed E-state index contributed by atoms with van der Waals surface area (Å²) in [6.45, 7) is 8.55. The van der Waals surface area contributed by atoms with Crippen molar-refractivity contribution in [1.82, 2.24) is 24.6 Å². The van der Waals surface area contributed by atoms with Gasteiger partial charge < -0.3 is 28.5 Å². The van der Waals surface area contributed by atoms with Crippen LogP contribution < -0.4 is 10.1 Å². The zero-order valence-electron chi connectivity index (χ0n) is 26.0. The van der Waals surface area contributed by atoms with Gasteiger partial charge in [-0.1, -0.05) is 61.1 Å². The van der Waals surface area contributed by atoms with Gasteiger partial charge in [-0.2, -0.15) is 0 Å². The molecular weight excluding hydrogens is 604 g/mol. The second-order valence-corrected chi connectivity index (χ2v) is 18.1. The first-order chi connectivity index (χ1) is 22.1. The molecule has 13 heteroatoms. The van der Waals surface area contributed by atoms with E-state index in [0.717, 1.165) is 22.7 Å². The highest BCUT2D eigenvalue weighted by atomic mass is 28.3. The highest BCUT2D eigenvalue weighted by Crippen LogP contribution is 2.38. The number of aromatic nitrogens is 4. The molecule has 6 rings (SSSR count). The van der Waals surface area contributed by atoms with Crippen LogP contribution in [0.2, 0.25) is 25.7 Å². The predicted octanol–water partition coefficient (Wildman–Crippen LogP) is 6.41. The topological polar surface area (TPSA) is 145 Å². The summed E-state index contributed by atoms with van der Waals surface area (Å²) in [5.74, 6) is 0.961. The molecule has 0 spiro atoms. The number of carbonyl (C=O) groups is 2. The maximum atomic E-state index is 12.7. The molecule has 0 radical (unpaired) electrons. The Bertz CT molecular complexity index is 1870. The molecule has 3 aromatic heterocycles. The lowest BCUT2D eigenvalue weighted by Crippen LogP contribution is -2.34. The van der Waals surface area contributed by atoms with Crippen LogP contribution in [0.25, 0.3) is 22.5 Å². The minimum absolute atomic E-state index is 0.0211. The van der Waals surface area contributed by atoms with E-state index in [1.165, 1.54) is 4.90 Å². The van der Waals surface area contributed by atoms with Crippen molar-refractivity contribution in [3.05, 3.63) is 83.7 Å². The fourth-order valence-electron chi connectivity index (χ4n) is 5.29. The third-order valence-electron chi connectivity index (χ3n) is 7.74. The fraction of sp³-hybridized carbons (Fsp3) is 0.303. The standard InChI is InChI=1S/C33H36N6O6Si/c1-46(2,3)16-15-43-21-39-20-26(31-36-37-32(45-31)35-28(40)17-22-7-5-4-6-8-22)29-27(11-13-34-30(29)39)44-25-10-9-23-12-14-38(33(41)42)19-24(23)18-25/h4-11,13,18,20H,12,14-17,19,21H2,1-3H3,(H,41,42)(H,35,37,40). The summed E-state index contributed by atoms with van der Waals surface area (Å²) >= 11 is 0. The van der Waals surface area contributed by atoms with Crippen molar-refractivity contribution in [2.24, 2.45) is 0 Å². The van der Waals surface area contributed by atoms with Gasteiger partial charge >= 0.3 is 12.1 Å². The average molecular weight is 641 g/mol. The summed E-state index contributed by atoms with van der Waals surface area (Å²) in [5, 5.41) is 21.1. The van der Waals surface area contributed by atoms with Gasteiger partial charge in [0.15, 0.2) is 0 Å². The molecule has 0 unspecified atom stereocenters. The van der Waals surface area contributed by atoms with Crippen LogP contribution in [-0.4, -0.2) is 63.0 Å². The van der Waals surface area contributed by atoms with Gasteiger partial charge in [-0.3, -0.25) is 10.1 Å². The molecule has 1 aliphatic rings. The molecule has 2 aromatic carbocycles. The number of carbonyl (C=O) groups excluding carboxylic acids is 1. The summed E-state index contributed by atoms with van der Waals surface area (Å²) < 4.78 is 20.3. The molecule has 0 bridgehead atoms. The lowest BCUT2D eigenvalue weighted by molar-refractivity contribution is -0.115. The Morgan fingerprint density at radius 1 is 1.07 bits per heavy atom. The van der Waals surface area contributed by atoms with E-state index in [0.29, 0.717) is 54.2 Å². The van der Waals surface area contributed by atoms with E-state index < -0.39 is 14.2 Å². The minimum Gasteiger partial charge on any atom is -0.465 e. The molecule has 46 heavy (non-hydrogen) atoms. The first kappa shape index (κ1) is 31.0. The first-order valence-corrected chi connectivity index (χ1v) is 18.8. The largest absolute Gasteiger partial charge is 0.465 e. The van der Waals surface area contributed by atoms with Crippen LogP contribution in [-0.2, 0) is 35.6 Å². The third kappa shape index (κ3) is 7.27. The van der Waals surface area contributed by atoms with Gasteiger partial charge in [0.2, 0.25) is 5.91 Å². The Morgan fingerprint density at radius 2 is 1.89 bits per heavy atom. The molecule has 4 heterocycles. The molecule has 0 atom stereocenters. The van der Waals surface area contributed by atoms with Gasteiger partial charge in [0, 0.05) is 40.2 Å². The quantitative estimate of drug-likeness (QED) is 0.124. The normalized spacial score (nSPS) is 13.1. The number of amides is 2. The predicted molar refractivity (Wildman–Crippen MR) is 175 cm³/mol. The number of ether oxygens (including phenoxy) is 2. The van der Waals surface area contributed by atoms with Crippen molar-refractivity contribution < 1.29 is 28.6 Å². The van der Waals surface area contributed by atoms with E-state index in [9.17, 15) is 14.7 Å². The molecule has 1 aliphatic heterocycles. The molecular formula is C33H36N6O6Si. The van der Waals surface area contributed by atoms with E-state index in [1.807, 2.05) is 59.3 Å². The Balaban J connectivity index is 1.30. The van der Waals surface area contributed by atoms with Crippen molar-refractivity contribution >= 4 is 37.1 Å². The highest BCUT2D eigenvalue weighted by molar-refractivity contribution is 6.76. The van der Waals surface area contributed by atoms with Crippen molar-refractivity contribution in [1.29, 1.82) is 0 Å². The molecule has 0 fully saturated rings. The van der Waals surface area contributed by atoms with E-state index in [4.69, 9.17) is 13.9 Å². The number of hydrogen-bond donors (Lipinski definition) is 2. The van der Waals surface area contributed by atoms with E-state index in [1.54, 1.807) is 12.3 Å². The number of rotatable bonds is 11. The van der Waals surface area contributed by atoms with Gasteiger partial charge in [-0.05, 0) is 47.4 Å². The summed E-state index contributed by atoms with van der Waals surface area (Å²) in [6.07, 6.45) is 3.36. The summed E-state index contributed by atoms with van der Waals surface area (Å²) in [5.41, 5.74) is 4.03. The Kier molecular flexibility index (Phi) is 8.86. The molecule has 0 saturated carbocycles. The first-order valence-electron chi connectivity index (χ1n) is 15.1. The molecule has 12 nitrogen and oxygen atoms in total. The second-order valence-electron chi connectivity index (χ2n) is 12.5. The molecule has 238 valence electrons. The smallest absolute Gasteiger partial charge is 0.407 e. The third-order valence-corrected chi connectivity index (χ3v) is 9.45. The zero-order valence-corrected chi connectivity index (χ0v) is 27.0. The van der Waals surface area contributed by atoms with Crippen molar-refractivity contribution in [2.45, 2.75) is 51.8 Å².